The van der Waals surface area contributed by atoms with Crippen LogP contribution in [0.4, 0.5) is 0 Å². The lowest BCUT2D eigenvalue weighted by Gasteiger charge is -2.52. The molecule has 2 aliphatic rings. The van der Waals surface area contributed by atoms with E-state index in [1.54, 1.807) is 12.0 Å². The van der Waals surface area contributed by atoms with Crippen molar-refractivity contribution in [3.63, 3.8) is 0 Å². The smallest absolute Gasteiger partial charge is 0.238 e. The maximum atomic E-state index is 13.3. The van der Waals surface area contributed by atoms with E-state index in [1.807, 2.05) is 55.5 Å². The fourth-order valence-electron chi connectivity index (χ4n) is 4.45. The molecule has 4 rings (SSSR count). The summed E-state index contributed by atoms with van der Waals surface area (Å²) in [4.78, 5) is 27.1. The number of piperidine rings is 1. The first-order valence-corrected chi connectivity index (χ1v) is 9.44. The van der Waals surface area contributed by atoms with E-state index in [1.165, 1.54) is 0 Å². The third-order valence-corrected chi connectivity index (χ3v) is 5.82. The summed E-state index contributed by atoms with van der Waals surface area (Å²) >= 11 is 0. The molecule has 146 valence electrons. The van der Waals surface area contributed by atoms with E-state index in [9.17, 15) is 9.59 Å². The zero-order chi connectivity index (χ0) is 19.9. The van der Waals surface area contributed by atoms with Crippen molar-refractivity contribution in [2.24, 2.45) is 11.7 Å². The van der Waals surface area contributed by atoms with Gasteiger partial charge in [-0.05, 0) is 42.7 Å². The number of methoxy groups -OCH3 is 1. The van der Waals surface area contributed by atoms with Crippen LogP contribution in [0.3, 0.4) is 0 Å². The summed E-state index contributed by atoms with van der Waals surface area (Å²) < 4.78 is 11.5. The molecule has 0 radical (unpaired) electrons. The summed E-state index contributed by atoms with van der Waals surface area (Å²) in [5.74, 6) is -0.488. The van der Waals surface area contributed by atoms with Gasteiger partial charge in [0.05, 0.1) is 7.11 Å². The Morgan fingerprint density at radius 3 is 2.82 bits per heavy atom. The SMILES string of the molecule is COc1cccc(CCN2C(=O)C(C(N)=O)C3CC2(C)Oc2ccccc23)c1. The van der Waals surface area contributed by atoms with E-state index in [2.05, 4.69) is 0 Å². The van der Waals surface area contributed by atoms with Crippen LogP contribution in [0.25, 0.3) is 0 Å². The zero-order valence-corrected chi connectivity index (χ0v) is 16.1. The highest BCUT2D eigenvalue weighted by Gasteiger charge is 2.55. The van der Waals surface area contributed by atoms with Crippen LogP contribution >= 0.6 is 0 Å². The lowest BCUT2D eigenvalue weighted by atomic mass is 9.73. The second kappa shape index (κ2) is 6.86. The second-order valence-corrected chi connectivity index (χ2v) is 7.60. The van der Waals surface area contributed by atoms with Crippen LogP contribution in [0, 0.1) is 5.92 Å². The standard InChI is InChI=1S/C22H24N2O4/c1-22-13-17(16-8-3-4-9-18(16)28-22)19(20(23)25)21(26)24(22)11-10-14-6-5-7-15(12-14)27-2/h3-9,12,17,19H,10-11,13H2,1-2H3,(H2,23,25). The summed E-state index contributed by atoms with van der Waals surface area (Å²) in [5.41, 5.74) is 6.78. The number of ether oxygens (including phenoxy) is 2. The van der Waals surface area contributed by atoms with Crippen molar-refractivity contribution in [2.45, 2.75) is 31.4 Å². The number of hydrogen-bond acceptors (Lipinski definition) is 4. The molecule has 2 aliphatic heterocycles. The molecule has 2 heterocycles. The van der Waals surface area contributed by atoms with Gasteiger partial charge in [0.15, 0.2) is 5.72 Å². The van der Waals surface area contributed by atoms with Gasteiger partial charge in [0.1, 0.15) is 17.4 Å². The van der Waals surface area contributed by atoms with Gasteiger partial charge in [0.2, 0.25) is 11.8 Å². The minimum atomic E-state index is -0.872. The van der Waals surface area contributed by atoms with Crippen LogP contribution in [-0.2, 0) is 16.0 Å². The fourth-order valence-corrected chi connectivity index (χ4v) is 4.45. The molecule has 0 aromatic heterocycles. The highest BCUT2D eigenvalue weighted by Crippen LogP contribution is 2.49. The van der Waals surface area contributed by atoms with Crippen molar-refractivity contribution < 1.29 is 19.1 Å². The van der Waals surface area contributed by atoms with Gasteiger partial charge in [-0.15, -0.1) is 0 Å². The van der Waals surface area contributed by atoms with E-state index >= 15 is 0 Å². The monoisotopic (exact) mass is 380 g/mol. The lowest BCUT2D eigenvalue weighted by molar-refractivity contribution is -0.175. The van der Waals surface area contributed by atoms with Crippen molar-refractivity contribution in [2.75, 3.05) is 13.7 Å². The van der Waals surface area contributed by atoms with E-state index in [0.717, 1.165) is 16.9 Å². The van der Waals surface area contributed by atoms with E-state index in [4.69, 9.17) is 15.2 Å². The molecule has 0 spiro atoms. The first-order valence-electron chi connectivity index (χ1n) is 9.44. The van der Waals surface area contributed by atoms with Crippen LogP contribution in [0.1, 0.15) is 30.4 Å². The molecule has 1 fully saturated rings. The van der Waals surface area contributed by atoms with E-state index < -0.39 is 17.6 Å². The van der Waals surface area contributed by atoms with Crippen molar-refractivity contribution in [1.82, 2.24) is 4.90 Å². The maximum absolute atomic E-state index is 13.3. The Bertz CT molecular complexity index is 928. The maximum Gasteiger partial charge on any atom is 0.238 e. The summed E-state index contributed by atoms with van der Waals surface area (Å²) in [5, 5.41) is 0. The van der Waals surface area contributed by atoms with Crippen LogP contribution in [-0.4, -0.2) is 36.1 Å². The molecule has 6 heteroatoms. The zero-order valence-electron chi connectivity index (χ0n) is 16.1. The number of nitrogens with zero attached hydrogens (tertiary/aromatic N) is 1. The molecule has 2 amide bonds. The van der Waals surface area contributed by atoms with Gasteiger partial charge in [0, 0.05) is 18.9 Å². The molecule has 28 heavy (non-hydrogen) atoms. The van der Waals surface area contributed by atoms with Gasteiger partial charge in [-0.1, -0.05) is 30.3 Å². The van der Waals surface area contributed by atoms with E-state index in [-0.39, 0.29) is 11.8 Å². The quantitative estimate of drug-likeness (QED) is 0.808. The average Bonchev–Trinajstić information content (AvgIpc) is 2.67. The van der Waals surface area contributed by atoms with Gasteiger partial charge >= 0.3 is 0 Å². The Hall–Kier alpha value is -3.02. The van der Waals surface area contributed by atoms with Crippen LogP contribution in [0.2, 0.25) is 0 Å². The largest absolute Gasteiger partial charge is 0.497 e. The number of nitrogens with two attached hydrogens (primary N) is 1. The lowest BCUT2D eigenvalue weighted by Crippen LogP contribution is -2.64. The number of hydrogen-bond donors (Lipinski definition) is 1. The summed E-state index contributed by atoms with van der Waals surface area (Å²) in [7, 11) is 1.62. The highest BCUT2D eigenvalue weighted by atomic mass is 16.5. The van der Waals surface area contributed by atoms with Crippen molar-refractivity contribution >= 4 is 11.8 Å². The van der Waals surface area contributed by atoms with Gasteiger partial charge in [-0.3, -0.25) is 9.59 Å². The number of likely N-dealkylation sites (tertiary alicyclic amines) is 1. The van der Waals surface area contributed by atoms with Gasteiger partial charge in [-0.2, -0.15) is 0 Å². The summed E-state index contributed by atoms with van der Waals surface area (Å²) in [6.45, 7) is 2.35. The van der Waals surface area contributed by atoms with Gasteiger partial charge < -0.3 is 20.1 Å². The number of rotatable bonds is 5. The molecule has 1 saturated heterocycles. The fraction of sp³-hybridized carbons (Fsp3) is 0.364. The molecule has 2 N–H and O–H groups in total. The average molecular weight is 380 g/mol. The molecule has 0 saturated carbocycles. The molecule has 2 aromatic carbocycles. The third kappa shape index (κ3) is 2.99. The van der Waals surface area contributed by atoms with Crippen molar-refractivity contribution in [1.29, 1.82) is 0 Å². The Labute approximate surface area is 164 Å². The van der Waals surface area contributed by atoms with Crippen LogP contribution in [0.15, 0.2) is 48.5 Å². The predicted octanol–water partition coefficient (Wildman–Crippen LogP) is 2.46. The Balaban J connectivity index is 1.66. The topological polar surface area (TPSA) is 81.9 Å². The number of carbonyl (C=O) groups excluding carboxylic acids is 2. The van der Waals surface area contributed by atoms with Crippen molar-refractivity contribution in [3.8, 4) is 11.5 Å². The van der Waals surface area contributed by atoms with Gasteiger partial charge in [-0.25, -0.2) is 0 Å². The van der Waals surface area contributed by atoms with E-state index in [0.29, 0.717) is 25.1 Å². The molecular weight excluding hydrogens is 356 g/mol. The Morgan fingerprint density at radius 1 is 1.29 bits per heavy atom. The van der Waals surface area contributed by atoms with Crippen molar-refractivity contribution in [3.05, 3.63) is 59.7 Å². The molecule has 2 aromatic rings. The molecule has 0 aliphatic carbocycles. The first kappa shape index (κ1) is 18.3. The minimum absolute atomic E-state index is 0.256. The first-order chi connectivity index (χ1) is 13.4. The number of benzene rings is 2. The number of fused-ring (bicyclic) bond motifs is 4. The van der Waals surface area contributed by atoms with Crippen LogP contribution in [0.5, 0.6) is 11.5 Å². The minimum Gasteiger partial charge on any atom is -0.497 e. The van der Waals surface area contributed by atoms with Gasteiger partial charge in [0.25, 0.3) is 0 Å². The molecule has 3 unspecified atom stereocenters. The number of carbonyl (C=O) groups is 2. The molecular formula is C22H24N2O4. The Morgan fingerprint density at radius 2 is 2.07 bits per heavy atom. The summed E-state index contributed by atoms with van der Waals surface area (Å²) in [6, 6.07) is 15.3. The second-order valence-electron chi connectivity index (χ2n) is 7.60. The number of amides is 2. The molecule has 2 bridgehead atoms. The molecule has 6 nitrogen and oxygen atoms in total. The Kier molecular flexibility index (Phi) is 4.49. The third-order valence-electron chi connectivity index (χ3n) is 5.82. The molecule has 3 atom stereocenters. The predicted molar refractivity (Wildman–Crippen MR) is 104 cm³/mol. The number of para-hydroxylation sites is 1. The number of primary amides is 1. The summed E-state index contributed by atoms with van der Waals surface area (Å²) in [6.07, 6.45) is 1.17. The normalized spacial score (nSPS) is 25.6. The van der Waals surface area contributed by atoms with Crippen LogP contribution < -0.4 is 15.2 Å². The highest BCUT2D eigenvalue weighted by molar-refractivity contribution is 6.01.